The van der Waals surface area contributed by atoms with Crippen LogP contribution in [0, 0.1) is 12.8 Å². The Labute approximate surface area is 220 Å². The van der Waals surface area contributed by atoms with Crippen molar-refractivity contribution >= 4 is 34.8 Å². The number of hydrogen-bond acceptors (Lipinski definition) is 7. The van der Waals surface area contributed by atoms with Crippen molar-refractivity contribution in [3.05, 3.63) is 51.8 Å². The largest absolute Gasteiger partial charge is 0.478 e. The molecule has 10 heteroatoms. The minimum Gasteiger partial charge on any atom is -0.478 e. The van der Waals surface area contributed by atoms with Crippen molar-refractivity contribution in [2.75, 3.05) is 13.7 Å². The van der Waals surface area contributed by atoms with E-state index in [2.05, 4.69) is 15.5 Å². The predicted molar refractivity (Wildman–Crippen MR) is 139 cm³/mol. The van der Waals surface area contributed by atoms with Gasteiger partial charge in [-0.15, -0.1) is 11.3 Å². The number of halogens is 1. The summed E-state index contributed by atoms with van der Waals surface area (Å²) in [6, 6.07) is 7.37. The Hall–Kier alpha value is -2.91. The van der Waals surface area contributed by atoms with Gasteiger partial charge >= 0.3 is 0 Å². The third kappa shape index (κ3) is 5.13. The van der Waals surface area contributed by atoms with Crippen molar-refractivity contribution in [1.29, 1.82) is 0 Å². The fraction of sp³-hybridized carbons (Fsp3) is 0.462. The number of rotatable bonds is 8. The molecular weight excluding hydrogens is 500 g/mol. The van der Waals surface area contributed by atoms with Crippen LogP contribution in [0.2, 0.25) is 5.02 Å². The van der Waals surface area contributed by atoms with Crippen LogP contribution in [-0.2, 0) is 9.59 Å². The molecule has 0 bridgehead atoms. The smallest absolute Gasteiger partial charge is 0.273 e. The van der Waals surface area contributed by atoms with Crippen molar-refractivity contribution in [1.82, 2.24) is 20.4 Å². The van der Waals surface area contributed by atoms with Gasteiger partial charge < -0.3 is 19.5 Å². The lowest BCUT2D eigenvalue weighted by Gasteiger charge is -2.29. The highest BCUT2D eigenvalue weighted by molar-refractivity contribution is 7.13. The van der Waals surface area contributed by atoms with E-state index in [1.165, 1.54) is 7.11 Å². The molecule has 1 N–H and O–H groups in total. The number of hydrogen-bond donors (Lipinski definition) is 1. The average Bonchev–Trinajstić information content (AvgIpc) is 3.59. The zero-order valence-corrected chi connectivity index (χ0v) is 22.7. The zero-order chi connectivity index (χ0) is 26.0. The third-order valence-electron chi connectivity index (χ3n) is 6.66. The number of carbonyl (C=O) groups excluding carboxylic acids is 2. The maximum atomic E-state index is 13.6. The molecule has 192 valence electrons. The summed E-state index contributed by atoms with van der Waals surface area (Å²) in [4.78, 5) is 34.0. The number of benzene rings is 1. The quantitative estimate of drug-likeness (QED) is 0.420. The first-order chi connectivity index (χ1) is 17.2. The summed E-state index contributed by atoms with van der Waals surface area (Å²) in [5.74, 6) is -0.728. The number of methoxy groups -OCH3 is 1. The van der Waals surface area contributed by atoms with Crippen LogP contribution in [0.15, 0.2) is 34.3 Å². The molecule has 0 spiro atoms. The van der Waals surface area contributed by atoms with E-state index in [0.717, 1.165) is 28.1 Å². The predicted octanol–water partition coefficient (Wildman–Crippen LogP) is 5.38. The van der Waals surface area contributed by atoms with Crippen LogP contribution in [0.3, 0.4) is 0 Å². The lowest BCUT2D eigenvalue weighted by Crippen LogP contribution is -2.48. The molecule has 2 aromatic heterocycles. The van der Waals surface area contributed by atoms with Gasteiger partial charge in [0.05, 0.1) is 29.2 Å². The fourth-order valence-electron chi connectivity index (χ4n) is 4.67. The van der Waals surface area contributed by atoms with E-state index in [9.17, 15) is 9.59 Å². The van der Waals surface area contributed by atoms with Crippen LogP contribution < -0.4 is 10.1 Å². The Morgan fingerprint density at radius 1 is 1.25 bits per heavy atom. The summed E-state index contributed by atoms with van der Waals surface area (Å²) in [6.45, 7) is 8.27. The molecule has 0 saturated carbocycles. The normalized spacial score (nSPS) is 17.3. The molecule has 8 nitrogen and oxygen atoms in total. The molecule has 3 unspecified atom stereocenters. The molecule has 1 saturated heterocycles. The first kappa shape index (κ1) is 26.2. The highest BCUT2D eigenvalue weighted by Gasteiger charge is 2.41. The fourth-order valence-corrected chi connectivity index (χ4v) is 5.75. The minimum atomic E-state index is -0.664. The molecule has 2 amide bonds. The molecule has 1 fully saturated rings. The van der Waals surface area contributed by atoms with Crippen LogP contribution in [0.25, 0.3) is 10.4 Å². The molecule has 1 aliphatic rings. The third-order valence-corrected chi connectivity index (χ3v) is 7.98. The van der Waals surface area contributed by atoms with Gasteiger partial charge in [-0.1, -0.05) is 49.7 Å². The van der Waals surface area contributed by atoms with Crippen molar-refractivity contribution in [3.8, 4) is 16.3 Å². The Morgan fingerprint density at radius 2 is 1.97 bits per heavy atom. The average molecular weight is 531 g/mol. The van der Waals surface area contributed by atoms with E-state index in [1.54, 1.807) is 16.2 Å². The van der Waals surface area contributed by atoms with Gasteiger partial charge in [0.15, 0.2) is 5.76 Å². The van der Waals surface area contributed by atoms with E-state index >= 15 is 0 Å². The minimum absolute atomic E-state index is 0.114. The van der Waals surface area contributed by atoms with E-state index in [1.807, 2.05) is 57.5 Å². The molecule has 0 radical (unpaired) electrons. The van der Waals surface area contributed by atoms with Gasteiger partial charge in [0.2, 0.25) is 11.8 Å². The maximum Gasteiger partial charge on any atom is 0.273 e. The summed E-state index contributed by atoms with van der Waals surface area (Å²) in [7, 11) is 1.44. The topological polar surface area (TPSA) is 97.6 Å². The second kappa shape index (κ2) is 11.0. The molecule has 3 heterocycles. The Morgan fingerprint density at radius 3 is 2.56 bits per heavy atom. The van der Waals surface area contributed by atoms with E-state index in [-0.39, 0.29) is 40.4 Å². The van der Waals surface area contributed by atoms with Crippen LogP contribution >= 0.6 is 22.9 Å². The van der Waals surface area contributed by atoms with Crippen molar-refractivity contribution < 1.29 is 18.8 Å². The second-order valence-electron chi connectivity index (χ2n) is 9.40. The number of amides is 2. The molecule has 3 aromatic rings. The Kier molecular flexibility index (Phi) is 8.00. The van der Waals surface area contributed by atoms with Crippen LogP contribution in [0.4, 0.5) is 0 Å². The molecule has 36 heavy (non-hydrogen) atoms. The van der Waals surface area contributed by atoms with Gasteiger partial charge in [-0.25, -0.2) is 4.98 Å². The first-order valence-electron chi connectivity index (χ1n) is 12.0. The lowest BCUT2D eigenvalue weighted by atomic mass is 9.91. The second-order valence-corrected chi connectivity index (χ2v) is 10.6. The zero-order valence-electron chi connectivity index (χ0n) is 21.1. The van der Waals surface area contributed by atoms with Crippen molar-refractivity contribution in [2.45, 2.75) is 58.5 Å². The molecule has 4 rings (SSSR count). The molecular formula is C26H31ClN4O4S. The first-order valence-corrected chi connectivity index (χ1v) is 13.3. The standard InChI is InChI=1S/C26H31ClN4O4S/c1-14(2)20(22-21(27)25(34-5)30-35-22)26(33)31-12-6-7-19(31)24(32)29-15(3)17-8-10-18(11-9-17)23-16(4)28-13-36-23/h8-11,13-15,19-20H,6-7,12H2,1-5H3,(H,29,32). The highest BCUT2D eigenvalue weighted by Crippen LogP contribution is 2.38. The highest BCUT2D eigenvalue weighted by atomic mass is 35.5. The lowest BCUT2D eigenvalue weighted by molar-refractivity contribution is -0.141. The number of thiazole rings is 1. The van der Waals surface area contributed by atoms with Gasteiger partial charge in [-0.3, -0.25) is 9.59 Å². The van der Waals surface area contributed by atoms with Crippen LogP contribution in [0.5, 0.6) is 5.88 Å². The monoisotopic (exact) mass is 530 g/mol. The molecule has 0 aliphatic carbocycles. The number of carbonyl (C=O) groups is 2. The number of likely N-dealkylation sites (tertiary alicyclic amines) is 1. The number of aromatic nitrogens is 2. The van der Waals surface area contributed by atoms with Crippen LogP contribution in [0.1, 0.15) is 62.6 Å². The van der Waals surface area contributed by atoms with E-state index < -0.39 is 12.0 Å². The molecule has 3 atom stereocenters. The van der Waals surface area contributed by atoms with E-state index in [0.29, 0.717) is 13.0 Å². The summed E-state index contributed by atoms with van der Waals surface area (Å²) in [5, 5.41) is 7.11. The van der Waals surface area contributed by atoms with Gasteiger partial charge in [0.25, 0.3) is 5.88 Å². The van der Waals surface area contributed by atoms with E-state index in [4.69, 9.17) is 20.9 Å². The summed E-state index contributed by atoms with van der Waals surface area (Å²) in [6.07, 6.45) is 1.35. The van der Waals surface area contributed by atoms with Crippen molar-refractivity contribution in [3.63, 3.8) is 0 Å². The van der Waals surface area contributed by atoms with Crippen LogP contribution in [-0.4, -0.2) is 46.6 Å². The maximum absolute atomic E-state index is 13.6. The number of aryl methyl sites for hydroxylation is 1. The summed E-state index contributed by atoms with van der Waals surface area (Å²) < 4.78 is 10.5. The summed E-state index contributed by atoms with van der Waals surface area (Å²) >= 11 is 7.98. The number of ether oxygens (including phenoxy) is 1. The Bertz CT molecular complexity index is 1220. The van der Waals surface area contributed by atoms with Crippen molar-refractivity contribution in [2.24, 2.45) is 5.92 Å². The molecule has 1 aliphatic heterocycles. The van der Waals surface area contributed by atoms with Gasteiger partial charge in [-0.2, -0.15) is 0 Å². The number of nitrogens with zero attached hydrogens (tertiary/aromatic N) is 3. The van der Waals surface area contributed by atoms with Gasteiger partial charge in [0, 0.05) is 6.54 Å². The Balaban J connectivity index is 1.46. The van der Waals surface area contributed by atoms with Gasteiger partial charge in [-0.05, 0) is 48.9 Å². The summed E-state index contributed by atoms with van der Waals surface area (Å²) in [5.41, 5.74) is 4.94. The molecule has 1 aromatic carbocycles. The van der Waals surface area contributed by atoms with Gasteiger partial charge in [0.1, 0.15) is 17.0 Å². The number of nitrogens with one attached hydrogen (secondary N) is 1. The SMILES string of the molecule is COc1noc(C(C(=O)N2CCCC2C(=O)NC(C)c2ccc(-c3scnc3C)cc2)C(C)C)c1Cl.